The minimum absolute atomic E-state index is 0.117. The molecule has 0 amide bonds. The lowest BCUT2D eigenvalue weighted by Crippen LogP contribution is -2.08. The van der Waals surface area contributed by atoms with Gasteiger partial charge in [0.15, 0.2) is 0 Å². The molecule has 0 aliphatic carbocycles. The number of hydrogen-bond acceptors (Lipinski definition) is 2. The monoisotopic (exact) mass is 312 g/mol. The first-order valence-corrected chi connectivity index (χ1v) is 4.79. The molecular weight excluding hydrogens is 305 g/mol. The average molecular weight is 312 g/mol. The van der Waals surface area contributed by atoms with E-state index in [0.29, 0.717) is 0 Å². The molecule has 0 aromatic heterocycles. The number of carbonyl (C=O) groups is 1. The number of halogens is 3. The van der Waals surface area contributed by atoms with Crippen LogP contribution in [0.3, 0.4) is 0 Å². The van der Waals surface area contributed by atoms with E-state index >= 15 is 0 Å². The van der Waals surface area contributed by atoms with E-state index in [1.807, 2.05) is 0 Å². The predicted molar refractivity (Wildman–Crippen MR) is 55.2 cm³/mol. The van der Waals surface area contributed by atoms with Crippen LogP contribution in [0.25, 0.3) is 0 Å². The van der Waals surface area contributed by atoms with Crippen LogP contribution in [0.4, 0.5) is 8.78 Å². The van der Waals surface area contributed by atoms with Gasteiger partial charge in [0.1, 0.15) is 11.6 Å². The van der Waals surface area contributed by atoms with Gasteiger partial charge in [0, 0.05) is 5.56 Å². The summed E-state index contributed by atoms with van der Waals surface area (Å²) < 4.78 is 31.0. The highest BCUT2D eigenvalue weighted by Crippen LogP contribution is 2.22. The number of esters is 1. The Morgan fingerprint density at radius 3 is 2.57 bits per heavy atom. The van der Waals surface area contributed by atoms with Crippen molar-refractivity contribution in [1.29, 1.82) is 0 Å². The van der Waals surface area contributed by atoms with E-state index in [1.165, 1.54) is 6.92 Å². The van der Waals surface area contributed by atoms with Gasteiger partial charge in [0.25, 0.3) is 0 Å². The Morgan fingerprint density at radius 1 is 1.50 bits per heavy atom. The average Bonchev–Trinajstić information content (AvgIpc) is 2.19. The highest BCUT2D eigenvalue weighted by molar-refractivity contribution is 14.1. The second kappa shape index (κ2) is 4.20. The third kappa shape index (κ3) is 1.87. The number of hydrogen-bond donors (Lipinski definition) is 0. The van der Waals surface area contributed by atoms with Crippen molar-refractivity contribution < 1.29 is 18.3 Å². The SMILES string of the molecule is COC(=O)c1cc(F)c(I)c(C)c1F. The highest BCUT2D eigenvalue weighted by Gasteiger charge is 2.19. The molecule has 0 unspecified atom stereocenters. The van der Waals surface area contributed by atoms with Gasteiger partial charge in [-0.05, 0) is 35.6 Å². The number of rotatable bonds is 1. The molecule has 0 bridgehead atoms. The maximum Gasteiger partial charge on any atom is 0.340 e. The topological polar surface area (TPSA) is 26.3 Å². The third-order valence-corrected chi connectivity index (χ3v) is 3.11. The van der Waals surface area contributed by atoms with Crippen LogP contribution in [0.5, 0.6) is 0 Å². The van der Waals surface area contributed by atoms with Crippen molar-refractivity contribution in [1.82, 2.24) is 0 Å². The second-order valence-corrected chi connectivity index (χ2v) is 3.73. The quantitative estimate of drug-likeness (QED) is 0.453. The van der Waals surface area contributed by atoms with Crippen LogP contribution in [-0.4, -0.2) is 13.1 Å². The molecule has 2 nitrogen and oxygen atoms in total. The summed E-state index contributed by atoms with van der Waals surface area (Å²) in [5.74, 6) is -2.23. The fourth-order valence-corrected chi connectivity index (χ4v) is 1.38. The summed E-state index contributed by atoms with van der Waals surface area (Å²) in [6.07, 6.45) is 0. The molecule has 0 saturated heterocycles. The first-order valence-electron chi connectivity index (χ1n) is 3.71. The number of ether oxygens (including phenoxy) is 1. The van der Waals surface area contributed by atoms with Gasteiger partial charge in [-0.2, -0.15) is 0 Å². The summed E-state index contributed by atoms with van der Waals surface area (Å²) in [5.41, 5.74) is -0.256. The second-order valence-electron chi connectivity index (χ2n) is 2.65. The first-order chi connectivity index (χ1) is 6.49. The van der Waals surface area contributed by atoms with E-state index in [0.717, 1.165) is 13.2 Å². The number of carbonyl (C=O) groups excluding carboxylic acids is 1. The molecule has 0 saturated carbocycles. The summed E-state index contributed by atoms with van der Waals surface area (Å²) >= 11 is 1.68. The van der Waals surface area contributed by atoms with E-state index in [1.54, 1.807) is 22.6 Å². The lowest BCUT2D eigenvalue weighted by atomic mass is 10.1. The Hall–Kier alpha value is -0.720. The summed E-state index contributed by atoms with van der Waals surface area (Å²) in [7, 11) is 1.12. The molecular formula is C9H7F2IO2. The summed E-state index contributed by atoms with van der Waals surface area (Å²) in [5, 5.41) is 0. The van der Waals surface area contributed by atoms with E-state index in [2.05, 4.69) is 4.74 Å². The van der Waals surface area contributed by atoms with Gasteiger partial charge in [0.2, 0.25) is 0 Å². The van der Waals surface area contributed by atoms with Gasteiger partial charge < -0.3 is 4.74 Å². The van der Waals surface area contributed by atoms with Crippen molar-refractivity contribution >= 4 is 28.6 Å². The smallest absolute Gasteiger partial charge is 0.340 e. The normalized spacial score (nSPS) is 10.1. The van der Waals surface area contributed by atoms with Gasteiger partial charge in [-0.1, -0.05) is 0 Å². The van der Waals surface area contributed by atoms with Crippen LogP contribution in [-0.2, 0) is 4.74 Å². The zero-order valence-corrected chi connectivity index (χ0v) is 9.69. The fourth-order valence-electron chi connectivity index (χ4n) is 0.989. The predicted octanol–water partition coefficient (Wildman–Crippen LogP) is 2.66. The van der Waals surface area contributed by atoms with Crippen molar-refractivity contribution in [2.45, 2.75) is 6.92 Å². The van der Waals surface area contributed by atoms with E-state index in [9.17, 15) is 13.6 Å². The molecule has 5 heteroatoms. The molecule has 0 radical (unpaired) electrons. The Labute approximate surface area is 93.4 Å². The van der Waals surface area contributed by atoms with Gasteiger partial charge >= 0.3 is 5.97 Å². The molecule has 1 aromatic carbocycles. The summed E-state index contributed by atoms with van der Waals surface area (Å²) in [6, 6.07) is 0.843. The van der Waals surface area contributed by atoms with Gasteiger partial charge in [-0.15, -0.1) is 0 Å². The minimum Gasteiger partial charge on any atom is -0.465 e. The minimum atomic E-state index is -0.874. The van der Waals surface area contributed by atoms with Gasteiger partial charge in [-0.25, -0.2) is 13.6 Å². The largest absolute Gasteiger partial charge is 0.465 e. The Morgan fingerprint density at radius 2 is 2.07 bits per heavy atom. The van der Waals surface area contributed by atoms with Crippen molar-refractivity contribution in [2.24, 2.45) is 0 Å². The zero-order chi connectivity index (χ0) is 10.9. The molecule has 14 heavy (non-hydrogen) atoms. The Kier molecular flexibility index (Phi) is 3.41. The van der Waals surface area contributed by atoms with Crippen LogP contribution >= 0.6 is 22.6 Å². The van der Waals surface area contributed by atoms with Crippen LogP contribution in [0.1, 0.15) is 15.9 Å². The summed E-state index contributed by atoms with van der Waals surface area (Å²) in [6.45, 7) is 1.41. The highest BCUT2D eigenvalue weighted by atomic mass is 127. The zero-order valence-electron chi connectivity index (χ0n) is 7.53. The van der Waals surface area contributed by atoms with Crippen LogP contribution in [0.15, 0.2) is 6.07 Å². The Bertz CT molecular complexity index is 391. The Balaban J connectivity index is 3.40. The maximum atomic E-state index is 13.4. The molecule has 0 aliphatic heterocycles. The van der Waals surface area contributed by atoms with E-state index in [-0.39, 0.29) is 14.7 Å². The van der Waals surface area contributed by atoms with Crippen LogP contribution in [0.2, 0.25) is 0 Å². The molecule has 1 aromatic rings. The molecule has 76 valence electrons. The van der Waals surface area contributed by atoms with E-state index < -0.39 is 17.6 Å². The van der Waals surface area contributed by atoms with E-state index in [4.69, 9.17) is 0 Å². The van der Waals surface area contributed by atoms with Crippen LogP contribution < -0.4 is 0 Å². The fraction of sp³-hybridized carbons (Fsp3) is 0.222. The molecule has 0 atom stereocenters. The van der Waals surface area contributed by atoms with Crippen molar-refractivity contribution in [3.05, 3.63) is 32.4 Å². The molecule has 0 fully saturated rings. The standard InChI is InChI=1S/C9H7F2IO2/c1-4-7(11)5(9(13)14-2)3-6(10)8(4)12/h3H,1-2H3. The van der Waals surface area contributed by atoms with Crippen molar-refractivity contribution in [3.8, 4) is 0 Å². The maximum absolute atomic E-state index is 13.4. The lowest BCUT2D eigenvalue weighted by molar-refractivity contribution is 0.0594. The molecule has 0 N–H and O–H groups in total. The van der Waals surface area contributed by atoms with Crippen molar-refractivity contribution in [2.75, 3.05) is 7.11 Å². The molecule has 0 spiro atoms. The van der Waals surface area contributed by atoms with Gasteiger partial charge in [0.05, 0.1) is 16.2 Å². The number of benzene rings is 1. The number of methoxy groups -OCH3 is 1. The van der Waals surface area contributed by atoms with Crippen LogP contribution in [0, 0.1) is 22.1 Å². The molecule has 0 aliphatic rings. The molecule has 0 heterocycles. The van der Waals surface area contributed by atoms with Crippen molar-refractivity contribution in [3.63, 3.8) is 0 Å². The third-order valence-electron chi connectivity index (χ3n) is 1.78. The first kappa shape index (κ1) is 11.4. The lowest BCUT2D eigenvalue weighted by Gasteiger charge is -2.06. The summed E-state index contributed by atoms with van der Waals surface area (Å²) in [4.78, 5) is 11.0. The molecule has 1 rings (SSSR count). The van der Waals surface area contributed by atoms with Gasteiger partial charge in [-0.3, -0.25) is 0 Å².